The molecule has 2 aliphatic rings. The predicted octanol–water partition coefficient (Wildman–Crippen LogP) is 3.46. The van der Waals surface area contributed by atoms with Crippen LogP contribution in [0.5, 0.6) is 5.75 Å². The average molecular weight is 392 g/mol. The normalized spacial score (nSPS) is 19.6. The highest BCUT2D eigenvalue weighted by atomic mass is 19.4. The number of alkyl halides is 3. The van der Waals surface area contributed by atoms with Gasteiger partial charge in [-0.3, -0.25) is 5.43 Å². The Morgan fingerprint density at radius 2 is 1.89 bits per heavy atom. The van der Waals surface area contributed by atoms with E-state index >= 15 is 0 Å². The van der Waals surface area contributed by atoms with Gasteiger partial charge >= 0.3 is 6.36 Å². The highest BCUT2D eigenvalue weighted by Gasteiger charge is 2.31. The number of nitrogens with zero attached hydrogens (tertiary/aromatic N) is 2. The molecule has 4 rings (SSSR count). The second-order valence-corrected chi connectivity index (χ2v) is 6.30. The van der Waals surface area contributed by atoms with Crippen LogP contribution >= 0.6 is 0 Å². The molecule has 0 radical (unpaired) electrons. The van der Waals surface area contributed by atoms with E-state index < -0.39 is 6.36 Å². The van der Waals surface area contributed by atoms with Crippen LogP contribution in [0.1, 0.15) is 11.7 Å². The Morgan fingerprint density at radius 3 is 2.61 bits per heavy atom. The number of hydrazine groups is 2. The maximum absolute atomic E-state index is 12.5. The topological polar surface area (TPSA) is 49.0 Å². The number of rotatable bonds is 4. The van der Waals surface area contributed by atoms with Crippen molar-refractivity contribution < 1.29 is 22.6 Å². The van der Waals surface area contributed by atoms with Crippen LogP contribution in [0.2, 0.25) is 0 Å². The van der Waals surface area contributed by atoms with Crippen molar-refractivity contribution in [3.05, 3.63) is 66.5 Å². The minimum Gasteiger partial charge on any atom is -0.406 e. The number of hydrogen-bond donors (Lipinski definition) is 2. The number of morpholine rings is 1. The molecule has 2 N–H and O–H groups in total. The van der Waals surface area contributed by atoms with Gasteiger partial charge in [-0.25, -0.2) is 5.01 Å². The lowest BCUT2D eigenvalue weighted by Gasteiger charge is -2.31. The van der Waals surface area contributed by atoms with Gasteiger partial charge in [0.15, 0.2) is 0 Å². The van der Waals surface area contributed by atoms with E-state index in [1.54, 1.807) is 28.6 Å². The molecule has 0 saturated carbocycles. The number of nitrogens with one attached hydrogen (secondary N) is 2. The first-order valence-corrected chi connectivity index (χ1v) is 8.80. The molecule has 1 fully saturated rings. The summed E-state index contributed by atoms with van der Waals surface area (Å²) in [5.41, 5.74) is 5.40. The summed E-state index contributed by atoms with van der Waals surface area (Å²) in [7, 11) is 0. The fourth-order valence-corrected chi connectivity index (χ4v) is 3.14. The molecule has 1 atom stereocenters. The Hall–Kier alpha value is -2.91. The minimum atomic E-state index is -4.74. The zero-order chi connectivity index (χ0) is 19.6. The third-order valence-corrected chi connectivity index (χ3v) is 4.38. The first-order valence-electron chi connectivity index (χ1n) is 8.80. The van der Waals surface area contributed by atoms with Crippen LogP contribution in [0.3, 0.4) is 0 Å². The monoisotopic (exact) mass is 392 g/mol. The van der Waals surface area contributed by atoms with Crippen molar-refractivity contribution in [2.75, 3.05) is 29.8 Å². The second-order valence-electron chi connectivity index (χ2n) is 6.30. The third-order valence-electron chi connectivity index (χ3n) is 4.38. The average Bonchev–Trinajstić information content (AvgIpc) is 3.18. The molecule has 0 bridgehead atoms. The van der Waals surface area contributed by atoms with E-state index in [1.165, 1.54) is 18.2 Å². The lowest BCUT2D eigenvalue weighted by molar-refractivity contribution is -0.274. The van der Waals surface area contributed by atoms with Gasteiger partial charge in [0, 0.05) is 31.6 Å². The largest absolute Gasteiger partial charge is 0.573 e. The van der Waals surface area contributed by atoms with Gasteiger partial charge in [-0.2, -0.15) is 5.12 Å². The Labute approximate surface area is 160 Å². The van der Waals surface area contributed by atoms with Crippen LogP contribution in [-0.4, -0.2) is 26.1 Å². The molecular formula is C19H19F3N4O2. The summed E-state index contributed by atoms with van der Waals surface area (Å²) in [6, 6.07) is 13.6. The molecule has 2 heterocycles. The summed E-state index contributed by atoms with van der Waals surface area (Å²) in [6.45, 7) is 2.29. The van der Waals surface area contributed by atoms with Gasteiger partial charge < -0.3 is 14.8 Å². The molecule has 2 aliphatic heterocycles. The number of ether oxygens (including phenoxy) is 2. The van der Waals surface area contributed by atoms with Crippen LogP contribution in [-0.2, 0) is 4.74 Å². The van der Waals surface area contributed by atoms with E-state index in [4.69, 9.17) is 4.74 Å². The van der Waals surface area contributed by atoms with E-state index in [-0.39, 0.29) is 11.9 Å². The zero-order valence-corrected chi connectivity index (χ0v) is 14.8. The van der Waals surface area contributed by atoms with Crippen LogP contribution in [0.15, 0.2) is 60.9 Å². The summed E-state index contributed by atoms with van der Waals surface area (Å²) < 4.78 is 47.2. The molecule has 1 saturated heterocycles. The Balaban J connectivity index is 1.52. The van der Waals surface area contributed by atoms with Gasteiger partial charge in [0.2, 0.25) is 0 Å². The maximum atomic E-state index is 12.5. The minimum absolute atomic E-state index is 0.0161. The van der Waals surface area contributed by atoms with Gasteiger partial charge in [0.1, 0.15) is 5.75 Å². The van der Waals surface area contributed by atoms with Gasteiger partial charge in [-0.05, 0) is 29.8 Å². The van der Waals surface area contributed by atoms with Crippen molar-refractivity contribution in [1.82, 2.24) is 10.7 Å². The highest BCUT2D eigenvalue weighted by Crippen LogP contribution is 2.30. The molecule has 28 heavy (non-hydrogen) atoms. The Kier molecular flexibility index (Phi) is 5.01. The van der Waals surface area contributed by atoms with Crippen molar-refractivity contribution in [2.45, 2.75) is 12.5 Å². The van der Waals surface area contributed by atoms with Gasteiger partial charge in [-0.1, -0.05) is 18.2 Å². The van der Waals surface area contributed by atoms with E-state index in [9.17, 15) is 13.2 Å². The summed E-state index contributed by atoms with van der Waals surface area (Å²) in [4.78, 5) is 0. The van der Waals surface area contributed by atoms with E-state index in [2.05, 4.69) is 15.5 Å². The van der Waals surface area contributed by atoms with Gasteiger partial charge in [0.05, 0.1) is 24.1 Å². The summed E-state index contributed by atoms with van der Waals surface area (Å²) in [5.74, 6) is -0.282. The maximum Gasteiger partial charge on any atom is 0.573 e. The van der Waals surface area contributed by atoms with Gasteiger partial charge in [-0.15, -0.1) is 13.2 Å². The van der Waals surface area contributed by atoms with Crippen molar-refractivity contribution >= 4 is 11.4 Å². The molecule has 2 aromatic carbocycles. The number of benzene rings is 2. The predicted molar refractivity (Wildman–Crippen MR) is 98.4 cm³/mol. The summed E-state index contributed by atoms with van der Waals surface area (Å²) in [5, 5.41) is 6.71. The van der Waals surface area contributed by atoms with Gasteiger partial charge in [0.25, 0.3) is 0 Å². The smallest absolute Gasteiger partial charge is 0.406 e. The molecule has 0 aromatic heterocycles. The molecule has 9 heteroatoms. The fourth-order valence-electron chi connectivity index (χ4n) is 3.14. The van der Waals surface area contributed by atoms with Crippen LogP contribution in [0.25, 0.3) is 0 Å². The van der Waals surface area contributed by atoms with Crippen molar-refractivity contribution in [1.29, 1.82) is 0 Å². The molecule has 0 unspecified atom stereocenters. The van der Waals surface area contributed by atoms with Crippen LogP contribution in [0.4, 0.5) is 24.5 Å². The van der Waals surface area contributed by atoms with E-state index in [0.717, 1.165) is 24.3 Å². The van der Waals surface area contributed by atoms with E-state index in [1.807, 2.05) is 24.3 Å². The third kappa shape index (κ3) is 4.15. The molecule has 148 valence electrons. The van der Waals surface area contributed by atoms with Crippen molar-refractivity contribution in [3.63, 3.8) is 0 Å². The SMILES string of the molecule is FC(F)(F)Oc1cccc(N2NC=CN2c2ccc([C@H]3CNCCO3)cc2)c1. The molecule has 0 spiro atoms. The highest BCUT2D eigenvalue weighted by molar-refractivity contribution is 5.62. The zero-order valence-electron chi connectivity index (χ0n) is 14.8. The van der Waals surface area contributed by atoms with Crippen molar-refractivity contribution in [2.24, 2.45) is 0 Å². The first kappa shape index (κ1) is 18.5. The van der Waals surface area contributed by atoms with Crippen molar-refractivity contribution in [3.8, 4) is 5.75 Å². The fraction of sp³-hybridized carbons (Fsp3) is 0.263. The lowest BCUT2D eigenvalue weighted by Crippen LogP contribution is -2.42. The number of halogens is 3. The summed E-state index contributed by atoms with van der Waals surface area (Å²) >= 11 is 0. The molecule has 6 nitrogen and oxygen atoms in total. The molecule has 2 aromatic rings. The lowest BCUT2D eigenvalue weighted by atomic mass is 10.1. The molecular weight excluding hydrogens is 373 g/mol. The Bertz CT molecular complexity index is 836. The molecule has 0 aliphatic carbocycles. The van der Waals surface area contributed by atoms with Crippen LogP contribution in [0, 0.1) is 0 Å². The Morgan fingerprint density at radius 1 is 1.07 bits per heavy atom. The van der Waals surface area contributed by atoms with Crippen LogP contribution < -0.4 is 25.6 Å². The standard InChI is InChI=1S/C19H19F3N4O2/c20-19(21,22)28-17-3-1-2-16(12-17)26-24-8-10-25(26)15-6-4-14(5-7-15)18-13-23-9-11-27-18/h1-8,10,12,18,23-24H,9,11,13H2/t18-/m1/s1. The summed E-state index contributed by atoms with van der Waals surface area (Å²) in [6.07, 6.45) is -1.24. The number of hydrogen-bond acceptors (Lipinski definition) is 6. The first-order chi connectivity index (χ1) is 13.5. The quantitative estimate of drug-likeness (QED) is 0.831. The molecule has 0 amide bonds. The number of anilines is 2. The van der Waals surface area contributed by atoms with E-state index in [0.29, 0.717) is 12.3 Å². The second kappa shape index (κ2) is 7.61.